The molecule has 1 aliphatic rings. The third-order valence-electron chi connectivity index (χ3n) is 5.77. The fraction of sp³-hybridized carbons (Fsp3) is 0.440. The lowest BCUT2D eigenvalue weighted by Gasteiger charge is -2.31. The van der Waals surface area contributed by atoms with E-state index in [4.69, 9.17) is 16.3 Å². The summed E-state index contributed by atoms with van der Waals surface area (Å²) in [7, 11) is 0. The normalized spacial score (nSPS) is 15.2. The van der Waals surface area contributed by atoms with Crippen LogP contribution in [0.25, 0.3) is 0 Å². The molecule has 31 heavy (non-hydrogen) atoms. The van der Waals surface area contributed by atoms with Crippen molar-refractivity contribution in [1.82, 2.24) is 10.2 Å². The highest BCUT2D eigenvalue weighted by molar-refractivity contribution is 6.30. The van der Waals surface area contributed by atoms with E-state index >= 15 is 0 Å². The molecule has 6 heteroatoms. The molecule has 166 valence electrons. The molecule has 1 aliphatic carbocycles. The number of carbonyl (C=O) groups is 2. The van der Waals surface area contributed by atoms with Gasteiger partial charge in [0.05, 0.1) is 0 Å². The number of hydrogen-bond donors (Lipinski definition) is 1. The third-order valence-corrected chi connectivity index (χ3v) is 6.02. The van der Waals surface area contributed by atoms with Gasteiger partial charge in [0.2, 0.25) is 5.91 Å². The minimum absolute atomic E-state index is 0.112. The van der Waals surface area contributed by atoms with Gasteiger partial charge in [-0.25, -0.2) is 0 Å². The van der Waals surface area contributed by atoms with Crippen LogP contribution in [0.15, 0.2) is 48.5 Å². The van der Waals surface area contributed by atoms with Gasteiger partial charge in [0.15, 0.2) is 6.61 Å². The molecule has 0 radical (unpaired) electrons. The molecule has 5 nitrogen and oxygen atoms in total. The number of amides is 2. The average Bonchev–Trinajstić information content (AvgIpc) is 2.78. The van der Waals surface area contributed by atoms with Gasteiger partial charge < -0.3 is 15.0 Å². The summed E-state index contributed by atoms with van der Waals surface area (Å²) in [4.78, 5) is 27.6. The fourth-order valence-corrected chi connectivity index (χ4v) is 3.93. The van der Waals surface area contributed by atoms with Crippen molar-refractivity contribution in [1.29, 1.82) is 0 Å². The number of aryl methyl sites for hydroxylation is 1. The van der Waals surface area contributed by atoms with Crippen molar-refractivity contribution in [3.05, 3.63) is 64.7 Å². The number of nitrogens with zero attached hydrogens (tertiary/aromatic N) is 1. The van der Waals surface area contributed by atoms with E-state index < -0.39 is 6.04 Å². The summed E-state index contributed by atoms with van der Waals surface area (Å²) in [6.07, 6.45) is 5.51. The summed E-state index contributed by atoms with van der Waals surface area (Å²) in [6, 6.07) is 14.5. The zero-order valence-electron chi connectivity index (χ0n) is 18.3. The van der Waals surface area contributed by atoms with Crippen molar-refractivity contribution in [2.45, 2.75) is 64.6 Å². The second-order valence-electron chi connectivity index (χ2n) is 8.27. The minimum atomic E-state index is -0.593. The Morgan fingerprint density at radius 2 is 1.71 bits per heavy atom. The summed E-state index contributed by atoms with van der Waals surface area (Å²) in [5, 5.41) is 3.74. The van der Waals surface area contributed by atoms with Crippen LogP contribution in [0.3, 0.4) is 0 Å². The Kier molecular flexibility index (Phi) is 8.35. The molecule has 3 rings (SSSR count). The van der Waals surface area contributed by atoms with Gasteiger partial charge in [-0.1, -0.05) is 60.7 Å². The largest absolute Gasteiger partial charge is 0.484 e. The first-order chi connectivity index (χ1) is 14.9. The number of benzene rings is 2. The Labute approximate surface area is 189 Å². The van der Waals surface area contributed by atoms with Gasteiger partial charge in [-0.2, -0.15) is 0 Å². The smallest absolute Gasteiger partial charge is 0.261 e. The molecule has 0 heterocycles. The molecular weight excluding hydrogens is 412 g/mol. The van der Waals surface area contributed by atoms with E-state index in [9.17, 15) is 9.59 Å². The first kappa shape index (κ1) is 23.1. The highest BCUT2D eigenvalue weighted by Gasteiger charge is 2.28. The number of hydrogen-bond acceptors (Lipinski definition) is 3. The van der Waals surface area contributed by atoms with Crippen molar-refractivity contribution in [2.75, 3.05) is 6.61 Å². The summed E-state index contributed by atoms with van der Waals surface area (Å²) >= 11 is 5.91. The van der Waals surface area contributed by atoms with Gasteiger partial charge in [0, 0.05) is 17.6 Å². The second-order valence-corrected chi connectivity index (χ2v) is 8.71. The zero-order chi connectivity index (χ0) is 22.2. The molecule has 0 saturated heterocycles. The number of nitrogens with one attached hydrogen (secondary N) is 1. The Hall–Kier alpha value is -2.53. The molecule has 2 aromatic rings. The zero-order valence-corrected chi connectivity index (χ0v) is 19.0. The van der Waals surface area contributed by atoms with Crippen LogP contribution in [0, 0.1) is 6.92 Å². The van der Waals surface area contributed by atoms with Crippen LogP contribution < -0.4 is 10.1 Å². The molecule has 0 aliphatic heterocycles. The highest BCUT2D eigenvalue weighted by Crippen LogP contribution is 2.19. The molecule has 1 N–H and O–H groups in total. The molecule has 1 fully saturated rings. The molecular formula is C25H31ClN2O3. The molecule has 0 bridgehead atoms. The Morgan fingerprint density at radius 1 is 1.06 bits per heavy atom. The fourth-order valence-electron chi connectivity index (χ4n) is 3.80. The maximum atomic E-state index is 13.1. The minimum Gasteiger partial charge on any atom is -0.484 e. The number of carbonyl (C=O) groups excluding carboxylic acids is 2. The topological polar surface area (TPSA) is 58.6 Å². The molecule has 2 amide bonds. The highest BCUT2D eigenvalue weighted by atomic mass is 35.5. The summed E-state index contributed by atoms with van der Waals surface area (Å²) < 4.78 is 5.66. The molecule has 0 unspecified atom stereocenters. The lowest BCUT2D eigenvalue weighted by atomic mass is 9.95. The van der Waals surface area contributed by atoms with Crippen LogP contribution in [-0.4, -0.2) is 35.4 Å². The van der Waals surface area contributed by atoms with E-state index in [0.717, 1.165) is 36.8 Å². The van der Waals surface area contributed by atoms with Crippen LogP contribution in [0.4, 0.5) is 0 Å². The number of rotatable bonds is 8. The molecule has 1 saturated carbocycles. The van der Waals surface area contributed by atoms with Crippen LogP contribution in [0.5, 0.6) is 5.75 Å². The van der Waals surface area contributed by atoms with Gasteiger partial charge in [0.25, 0.3) is 5.91 Å². The Balaban J connectivity index is 1.69. The lowest BCUT2D eigenvalue weighted by Crippen LogP contribution is -2.51. The van der Waals surface area contributed by atoms with Gasteiger partial charge in [-0.3, -0.25) is 9.59 Å². The quantitative estimate of drug-likeness (QED) is 0.633. The van der Waals surface area contributed by atoms with E-state index in [-0.39, 0.29) is 24.5 Å². The predicted molar refractivity (Wildman–Crippen MR) is 123 cm³/mol. The number of halogens is 1. The van der Waals surface area contributed by atoms with Gasteiger partial charge in [0.1, 0.15) is 11.8 Å². The molecule has 1 atom stereocenters. The van der Waals surface area contributed by atoms with Crippen LogP contribution in [0.1, 0.15) is 50.2 Å². The Bertz CT molecular complexity index is 861. The first-order valence-corrected chi connectivity index (χ1v) is 11.3. The molecule has 0 aromatic heterocycles. The maximum Gasteiger partial charge on any atom is 0.261 e. The van der Waals surface area contributed by atoms with Crippen molar-refractivity contribution in [3.8, 4) is 5.75 Å². The van der Waals surface area contributed by atoms with E-state index in [1.807, 2.05) is 31.2 Å². The predicted octanol–water partition coefficient (Wildman–Crippen LogP) is 4.89. The SMILES string of the molecule is Cc1ccc(CN(C(=O)COc2ccc(Cl)cc2)[C@H](C)C(=O)NC2CCCCC2)cc1. The third kappa shape index (κ3) is 7.00. The Morgan fingerprint density at radius 3 is 2.35 bits per heavy atom. The van der Waals surface area contributed by atoms with E-state index in [1.165, 1.54) is 6.42 Å². The number of ether oxygens (including phenoxy) is 1. The average molecular weight is 443 g/mol. The van der Waals surface area contributed by atoms with Gasteiger partial charge in [-0.05, 0) is 56.5 Å². The van der Waals surface area contributed by atoms with Crippen LogP contribution in [-0.2, 0) is 16.1 Å². The van der Waals surface area contributed by atoms with Crippen molar-refractivity contribution in [2.24, 2.45) is 0 Å². The van der Waals surface area contributed by atoms with Crippen molar-refractivity contribution in [3.63, 3.8) is 0 Å². The molecule has 2 aromatic carbocycles. The summed E-state index contributed by atoms with van der Waals surface area (Å²) in [6.45, 7) is 4.01. The van der Waals surface area contributed by atoms with E-state index in [2.05, 4.69) is 5.32 Å². The monoisotopic (exact) mass is 442 g/mol. The van der Waals surface area contributed by atoms with Gasteiger partial charge in [-0.15, -0.1) is 0 Å². The summed E-state index contributed by atoms with van der Waals surface area (Å²) in [5.41, 5.74) is 2.12. The first-order valence-electron chi connectivity index (χ1n) is 11.0. The maximum absolute atomic E-state index is 13.1. The second kappa shape index (κ2) is 11.2. The molecule has 0 spiro atoms. The van der Waals surface area contributed by atoms with Crippen molar-refractivity contribution >= 4 is 23.4 Å². The van der Waals surface area contributed by atoms with Crippen LogP contribution in [0.2, 0.25) is 5.02 Å². The van der Waals surface area contributed by atoms with Gasteiger partial charge >= 0.3 is 0 Å². The van der Waals surface area contributed by atoms with Crippen LogP contribution >= 0.6 is 11.6 Å². The van der Waals surface area contributed by atoms with E-state index in [0.29, 0.717) is 17.3 Å². The van der Waals surface area contributed by atoms with Crippen molar-refractivity contribution < 1.29 is 14.3 Å². The van der Waals surface area contributed by atoms with E-state index in [1.54, 1.807) is 36.1 Å². The lowest BCUT2D eigenvalue weighted by molar-refractivity contribution is -0.142. The summed E-state index contributed by atoms with van der Waals surface area (Å²) in [5.74, 6) is 0.216. The standard InChI is InChI=1S/C25H31ClN2O3/c1-18-8-10-20(11-9-18)16-28(19(2)25(30)27-22-6-4-3-5-7-22)24(29)17-31-23-14-12-21(26)13-15-23/h8-15,19,22H,3-7,16-17H2,1-2H3,(H,27,30)/t19-/m1/s1.